The number of anilines is 1. The molecule has 0 bridgehead atoms. The van der Waals surface area contributed by atoms with Gasteiger partial charge in [-0.3, -0.25) is 4.90 Å². The highest BCUT2D eigenvalue weighted by Gasteiger charge is 2.07. The van der Waals surface area contributed by atoms with Crippen LogP contribution in [0, 0.1) is 11.3 Å². The highest BCUT2D eigenvalue weighted by Crippen LogP contribution is 2.13. The standard InChI is InChI=1S/C8H13N5S/c1-2-13(5-3-4-9)6-7-11-12-8(10)14-7/h2-3,5-6H2,1H3,(H2,10,12). The van der Waals surface area contributed by atoms with Crippen molar-refractivity contribution in [2.75, 3.05) is 18.8 Å². The van der Waals surface area contributed by atoms with E-state index >= 15 is 0 Å². The zero-order valence-corrected chi connectivity index (χ0v) is 8.92. The van der Waals surface area contributed by atoms with Gasteiger partial charge in [0, 0.05) is 13.0 Å². The lowest BCUT2D eigenvalue weighted by Crippen LogP contribution is -2.23. The lowest BCUT2D eigenvalue weighted by Gasteiger charge is -2.16. The van der Waals surface area contributed by atoms with Gasteiger partial charge in [-0.05, 0) is 6.54 Å². The van der Waals surface area contributed by atoms with E-state index in [1.807, 2.05) is 0 Å². The van der Waals surface area contributed by atoms with Gasteiger partial charge in [-0.2, -0.15) is 5.26 Å². The summed E-state index contributed by atoms with van der Waals surface area (Å²) in [5.74, 6) is 0. The maximum Gasteiger partial charge on any atom is 0.203 e. The molecule has 0 radical (unpaired) electrons. The summed E-state index contributed by atoms with van der Waals surface area (Å²) in [5.41, 5.74) is 5.47. The molecule has 1 aromatic heterocycles. The largest absolute Gasteiger partial charge is 0.374 e. The van der Waals surface area contributed by atoms with Crippen LogP contribution in [0.2, 0.25) is 0 Å². The van der Waals surface area contributed by atoms with Gasteiger partial charge in [-0.25, -0.2) is 0 Å². The van der Waals surface area contributed by atoms with Crippen molar-refractivity contribution < 1.29 is 0 Å². The second-order valence-corrected chi connectivity index (χ2v) is 3.90. The Hall–Kier alpha value is -1.19. The Morgan fingerprint density at radius 1 is 1.57 bits per heavy atom. The Balaban J connectivity index is 2.44. The van der Waals surface area contributed by atoms with Crippen molar-refractivity contribution in [2.45, 2.75) is 19.9 Å². The predicted octanol–water partition coefficient (Wildman–Crippen LogP) is 0.856. The topological polar surface area (TPSA) is 78.8 Å². The third-order valence-corrected chi connectivity index (χ3v) is 2.57. The van der Waals surface area contributed by atoms with Crippen LogP contribution in [0.5, 0.6) is 0 Å². The first-order chi connectivity index (χ1) is 6.76. The first kappa shape index (κ1) is 10.9. The van der Waals surface area contributed by atoms with Gasteiger partial charge in [0.2, 0.25) is 5.13 Å². The Bertz CT molecular complexity index is 316. The maximum absolute atomic E-state index is 8.46. The second-order valence-electron chi connectivity index (χ2n) is 2.81. The van der Waals surface area contributed by atoms with Crippen molar-refractivity contribution >= 4 is 16.5 Å². The van der Waals surface area contributed by atoms with Crippen molar-refractivity contribution in [3.63, 3.8) is 0 Å². The van der Waals surface area contributed by atoms with Gasteiger partial charge in [0.1, 0.15) is 5.01 Å². The van der Waals surface area contributed by atoms with Crippen LogP contribution in [0.1, 0.15) is 18.4 Å². The molecule has 1 aromatic rings. The van der Waals surface area contributed by atoms with E-state index in [0.29, 0.717) is 11.6 Å². The summed E-state index contributed by atoms with van der Waals surface area (Å²) in [6.45, 7) is 4.46. The Labute approximate surface area is 87.2 Å². The van der Waals surface area contributed by atoms with Crippen LogP contribution in [0.4, 0.5) is 5.13 Å². The van der Waals surface area contributed by atoms with Crippen LogP contribution in [0.15, 0.2) is 0 Å². The van der Waals surface area contributed by atoms with E-state index in [9.17, 15) is 0 Å². The number of rotatable bonds is 5. The number of nitrogens with zero attached hydrogens (tertiary/aromatic N) is 4. The molecule has 0 saturated heterocycles. The third-order valence-electron chi connectivity index (χ3n) is 1.83. The summed E-state index contributed by atoms with van der Waals surface area (Å²) >= 11 is 1.40. The molecule has 0 aliphatic heterocycles. The molecule has 0 fully saturated rings. The van der Waals surface area contributed by atoms with E-state index in [0.717, 1.165) is 24.6 Å². The fraction of sp³-hybridized carbons (Fsp3) is 0.625. The van der Waals surface area contributed by atoms with E-state index in [4.69, 9.17) is 11.0 Å². The number of hydrogen-bond acceptors (Lipinski definition) is 6. The van der Waals surface area contributed by atoms with Crippen molar-refractivity contribution in [1.82, 2.24) is 15.1 Å². The lowest BCUT2D eigenvalue weighted by molar-refractivity contribution is 0.285. The smallest absolute Gasteiger partial charge is 0.203 e. The third kappa shape index (κ3) is 3.28. The first-order valence-corrected chi connectivity index (χ1v) is 5.25. The zero-order valence-electron chi connectivity index (χ0n) is 8.10. The minimum absolute atomic E-state index is 0.497. The molecule has 14 heavy (non-hydrogen) atoms. The number of nitriles is 1. The fourth-order valence-electron chi connectivity index (χ4n) is 1.08. The highest BCUT2D eigenvalue weighted by atomic mass is 32.1. The van der Waals surface area contributed by atoms with E-state index in [-0.39, 0.29) is 0 Å². The van der Waals surface area contributed by atoms with E-state index in [2.05, 4.69) is 28.1 Å². The van der Waals surface area contributed by atoms with Crippen molar-refractivity contribution in [3.05, 3.63) is 5.01 Å². The van der Waals surface area contributed by atoms with Crippen LogP contribution in [-0.4, -0.2) is 28.2 Å². The van der Waals surface area contributed by atoms with Crippen LogP contribution in [0.3, 0.4) is 0 Å². The summed E-state index contributed by atoms with van der Waals surface area (Å²) < 4.78 is 0. The molecular weight excluding hydrogens is 198 g/mol. The SMILES string of the molecule is CCN(CCC#N)Cc1nnc(N)s1. The number of aromatic nitrogens is 2. The van der Waals surface area contributed by atoms with Crippen molar-refractivity contribution in [2.24, 2.45) is 0 Å². The molecule has 0 aliphatic rings. The predicted molar refractivity (Wildman–Crippen MR) is 55.5 cm³/mol. The second kappa shape index (κ2) is 5.52. The summed E-state index contributed by atoms with van der Waals surface area (Å²) in [5, 5.41) is 17.5. The molecule has 0 saturated carbocycles. The summed E-state index contributed by atoms with van der Waals surface area (Å²) in [4.78, 5) is 2.14. The highest BCUT2D eigenvalue weighted by molar-refractivity contribution is 7.15. The lowest BCUT2D eigenvalue weighted by atomic mass is 10.4. The number of nitrogens with two attached hydrogens (primary N) is 1. The molecule has 1 rings (SSSR count). The molecule has 0 unspecified atom stereocenters. The molecule has 0 amide bonds. The molecule has 1 heterocycles. The Morgan fingerprint density at radius 2 is 2.36 bits per heavy atom. The summed E-state index contributed by atoms with van der Waals surface area (Å²) in [7, 11) is 0. The Kier molecular flexibility index (Phi) is 4.29. The normalized spacial score (nSPS) is 10.4. The van der Waals surface area contributed by atoms with E-state index < -0.39 is 0 Å². The molecule has 0 aliphatic carbocycles. The van der Waals surface area contributed by atoms with Crippen LogP contribution in [0.25, 0.3) is 0 Å². The monoisotopic (exact) mass is 211 g/mol. The first-order valence-electron chi connectivity index (χ1n) is 4.43. The van der Waals surface area contributed by atoms with E-state index in [1.54, 1.807) is 0 Å². The molecule has 0 aromatic carbocycles. The van der Waals surface area contributed by atoms with Crippen LogP contribution >= 0.6 is 11.3 Å². The number of nitrogen functional groups attached to an aromatic ring is 1. The van der Waals surface area contributed by atoms with Gasteiger partial charge in [0.25, 0.3) is 0 Å². The summed E-state index contributed by atoms with van der Waals surface area (Å²) in [6, 6.07) is 2.12. The quantitative estimate of drug-likeness (QED) is 0.781. The fourth-order valence-corrected chi connectivity index (χ4v) is 1.73. The molecule has 0 atom stereocenters. The minimum atomic E-state index is 0.497. The molecular formula is C8H13N5S. The average molecular weight is 211 g/mol. The molecule has 2 N–H and O–H groups in total. The maximum atomic E-state index is 8.46. The average Bonchev–Trinajstić information content (AvgIpc) is 2.58. The van der Waals surface area contributed by atoms with Gasteiger partial charge in [0.05, 0.1) is 12.6 Å². The van der Waals surface area contributed by atoms with Crippen molar-refractivity contribution in [1.29, 1.82) is 5.26 Å². The van der Waals surface area contributed by atoms with Gasteiger partial charge in [-0.1, -0.05) is 18.3 Å². The van der Waals surface area contributed by atoms with Gasteiger partial charge in [-0.15, -0.1) is 10.2 Å². The molecule has 6 heteroatoms. The number of hydrogen-bond donors (Lipinski definition) is 1. The summed E-state index contributed by atoms with van der Waals surface area (Å²) in [6.07, 6.45) is 0.544. The zero-order chi connectivity index (χ0) is 10.4. The Morgan fingerprint density at radius 3 is 2.86 bits per heavy atom. The minimum Gasteiger partial charge on any atom is -0.374 e. The molecule has 0 spiro atoms. The van der Waals surface area contributed by atoms with Gasteiger partial charge in [0.15, 0.2) is 0 Å². The molecule has 5 nitrogen and oxygen atoms in total. The van der Waals surface area contributed by atoms with E-state index in [1.165, 1.54) is 11.3 Å². The molecule has 76 valence electrons. The van der Waals surface area contributed by atoms with Crippen LogP contribution < -0.4 is 5.73 Å². The van der Waals surface area contributed by atoms with Gasteiger partial charge < -0.3 is 5.73 Å². The van der Waals surface area contributed by atoms with Gasteiger partial charge >= 0.3 is 0 Å². The van der Waals surface area contributed by atoms with Crippen molar-refractivity contribution in [3.8, 4) is 6.07 Å². The van der Waals surface area contributed by atoms with Crippen LogP contribution in [-0.2, 0) is 6.54 Å².